The lowest BCUT2D eigenvalue weighted by atomic mass is 10.2. The van der Waals surface area contributed by atoms with Crippen LogP contribution in [0.4, 0.5) is 0 Å². The van der Waals surface area contributed by atoms with Crippen LogP contribution in [0, 0.1) is 0 Å². The summed E-state index contributed by atoms with van der Waals surface area (Å²) in [5.41, 5.74) is -0.0302. The van der Waals surface area contributed by atoms with Gasteiger partial charge in [-0.2, -0.15) is 0 Å². The first-order chi connectivity index (χ1) is 7.45. The summed E-state index contributed by atoms with van der Waals surface area (Å²) in [5.74, 6) is 0. The summed E-state index contributed by atoms with van der Waals surface area (Å²) in [5, 5.41) is 3.32. The Morgan fingerprint density at radius 2 is 1.75 bits per heavy atom. The van der Waals surface area contributed by atoms with Crippen molar-refractivity contribution in [2.75, 3.05) is 53.6 Å². The minimum Gasteiger partial charge on any atom is -0.383 e. The van der Waals surface area contributed by atoms with Gasteiger partial charge in [0.15, 0.2) is 0 Å². The van der Waals surface area contributed by atoms with E-state index in [1.807, 2.05) is 0 Å². The van der Waals surface area contributed by atoms with Crippen LogP contribution in [-0.2, 0) is 9.47 Å². The second kappa shape index (κ2) is 8.93. The Morgan fingerprint density at radius 1 is 1.06 bits per heavy atom. The predicted molar refractivity (Wildman–Crippen MR) is 67.9 cm³/mol. The fraction of sp³-hybridized carbons (Fsp3) is 1.00. The van der Waals surface area contributed by atoms with Crippen LogP contribution >= 0.6 is 0 Å². The Bertz CT molecular complexity index is 158. The maximum atomic E-state index is 5.66. The zero-order valence-electron chi connectivity index (χ0n) is 11.5. The summed E-state index contributed by atoms with van der Waals surface area (Å²) in [6.45, 7) is 11.7. The van der Waals surface area contributed by atoms with E-state index in [1.54, 1.807) is 7.11 Å². The van der Waals surface area contributed by atoms with E-state index < -0.39 is 0 Å². The molecule has 0 saturated heterocycles. The SMILES string of the molecule is COCCNCCN(C)CCOC(C)(C)C. The van der Waals surface area contributed by atoms with E-state index in [0.29, 0.717) is 0 Å². The molecule has 0 aliphatic heterocycles. The number of hydrogen-bond donors (Lipinski definition) is 1. The van der Waals surface area contributed by atoms with Gasteiger partial charge in [0.1, 0.15) is 0 Å². The first-order valence-electron chi connectivity index (χ1n) is 5.98. The predicted octanol–water partition coefficient (Wildman–Crippen LogP) is 0.969. The van der Waals surface area contributed by atoms with Crippen LogP contribution in [0.2, 0.25) is 0 Å². The van der Waals surface area contributed by atoms with Gasteiger partial charge in [-0.05, 0) is 27.8 Å². The van der Waals surface area contributed by atoms with E-state index >= 15 is 0 Å². The number of hydrogen-bond acceptors (Lipinski definition) is 4. The van der Waals surface area contributed by atoms with E-state index in [9.17, 15) is 0 Å². The Hall–Kier alpha value is -0.160. The molecule has 0 saturated carbocycles. The van der Waals surface area contributed by atoms with Crippen molar-refractivity contribution in [3.05, 3.63) is 0 Å². The number of likely N-dealkylation sites (N-methyl/N-ethyl adjacent to an activating group) is 1. The molecule has 0 aromatic heterocycles. The Kier molecular flexibility index (Phi) is 8.84. The molecule has 0 aromatic rings. The van der Waals surface area contributed by atoms with Gasteiger partial charge in [-0.15, -0.1) is 0 Å². The molecule has 16 heavy (non-hydrogen) atoms. The monoisotopic (exact) mass is 232 g/mol. The van der Waals surface area contributed by atoms with Crippen molar-refractivity contribution in [2.24, 2.45) is 0 Å². The van der Waals surface area contributed by atoms with E-state index in [2.05, 4.69) is 38.0 Å². The summed E-state index contributed by atoms with van der Waals surface area (Å²) in [6.07, 6.45) is 0. The highest BCUT2D eigenvalue weighted by atomic mass is 16.5. The minimum absolute atomic E-state index is 0.0302. The molecular formula is C12H28N2O2. The van der Waals surface area contributed by atoms with Crippen LogP contribution in [0.5, 0.6) is 0 Å². The van der Waals surface area contributed by atoms with E-state index in [0.717, 1.165) is 39.4 Å². The molecule has 0 fully saturated rings. The third-order valence-electron chi connectivity index (χ3n) is 2.16. The summed E-state index contributed by atoms with van der Waals surface area (Å²) in [7, 11) is 3.83. The number of methoxy groups -OCH3 is 1. The van der Waals surface area contributed by atoms with Gasteiger partial charge in [0.2, 0.25) is 0 Å². The lowest BCUT2D eigenvalue weighted by molar-refractivity contribution is -0.0106. The lowest BCUT2D eigenvalue weighted by Gasteiger charge is -2.22. The molecule has 0 bridgehead atoms. The number of rotatable bonds is 9. The van der Waals surface area contributed by atoms with Crippen molar-refractivity contribution in [1.29, 1.82) is 0 Å². The summed E-state index contributed by atoms with van der Waals surface area (Å²) in [6, 6.07) is 0. The zero-order valence-corrected chi connectivity index (χ0v) is 11.5. The van der Waals surface area contributed by atoms with Crippen molar-refractivity contribution in [1.82, 2.24) is 10.2 Å². The standard InChI is InChI=1S/C12H28N2O2/c1-12(2,3)16-11-9-14(4)8-6-13-7-10-15-5/h13H,6-11H2,1-5H3. The Labute approximate surface area is 100 Å². The highest BCUT2D eigenvalue weighted by molar-refractivity contribution is 4.60. The Morgan fingerprint density at radius 3 is 2.31 bits per heavy atom. The maximum absolute atomic E-state index is 5.66. The van der Waals surface area contributed by atoms with E-state index in [-0.39, 0.29) is 5.60 Å². The summed E-state index contributed by atoms with van der Waals surface area (Å²) in [4.78, 5) is 2.27. The highest BCUT2D eigenvalue weighted by Gasteiger charge is 2.09. The topological polar surface area (TPSA) is 33.7 Å². The fourth-order valence-corrected chi connectivity index (χ4v) is 1.19. The van der Waals surface area contributed by atoms with Gasteiger partial charge in [-0.25, -0.2) is 0 Å². The average Bonchev–Trinajstić information content (AvgIpc) is 2.15. The normalized spacial score (nSPS) is 12.4. The molecule has 0 aliphatic rings. The van der Waals surface area contributed by atoms with Crippen LogP contribution in [0.3, 0.4) is 0 Å². The molecule has 0 rings (SSSR count). The zero-order chi connectivity index (χ0) is 12.4. The average molecular weight is 232 g/mol. The van der Waals surface area contributed by atoms with Crippen molar-refractivity contribution >= 4 is 0 Å². The van der Waals surface area contributed by atoms with Gasteiger partial charge in [-0.1, -0.05) is 0 Å². The molecule has 0 radical (unpaired) electrons. The number of nitrogens with zero attached hydrogens (tertiary/aromatic N) is 1. The second-order valence-electron chi connectivity index (χ2n) is 5.01. The van der Waals surface area contributed by atoms with Gasteiger partial charge in [0, 0.05) is 33.3 Å². The van der Waals surface area contributed by atoms with E-state index in [4.69, 9.17) is 9.47 Å². The van der Waals surface area contributed by atoms with Crippen LogP contribution in [0.1, 0.15) is 20.8 Å². The van der Waals surface area contributed by atoms with Gasteiger partial charge in [0.25, 0.3) is 0 Å². The third-order valence-corrected chi connectivity index (χ3v) is 2.16. The molecule has 4 heteroatoms. The maximum Gasteiger partial charge on any atom is 0.0600 e. The van der Waals surface area contributed by atoms with Gasteiger partial charge in [0.05, 0.1) is 18.8 Å². The molecule has 0 amide bonds. The van der Waals surface area contributed by atoms with Crippen molar-refractivity contribution < 1.29 is 9.47 Å². The highest BCUT2D eigenvalue weighted by Crippen LogP contribution is 2.05. The fourth-order valence-electron chi connectivity index (χ4n) is 1.19. The van der Waals surface area contributed by atoms with Crippen molar-refractivity contribution in [3.63, 3.8) is 0 Å². The summed E-state index contributed by atoms with van der Waals surface area (Å²) >= 11 is 0. The smallest absolute Gasteiger partial charge is 0.0600 e. The van der Waals surface area contributed by atoms with Crippen molar-refractivity contribution in [2.45, 2.75) is 26.4 Å². The molecule has 0 aromatic carbocycles. The molecule has 0 unspecified atom stereocenters. The molecular weight excluding hydrogens is 204 g/mol. The molecule has 0 heterocycles. The van der Waals surface area contributed by atoms with Crippen LogP contribution in [-0.4, -0.2) is 64.1 Å². The first kappa shape index (κ1) is 15.8. The van der Waals surface area contributed by atoms with Crippen LogP contribution < -0.4 is 5.32 Å². The number of ether oxygens (including phenoxy) is 2. The van der Waals surface area contributed by atoms with Crippen LogP contribution in [0.25, 0.3) is 0 Å². The van der Waals surface area contributed by atoms with Crippen LogP contribution in [0.15, 0.2) is 0 Å². The van der Waals surface area contributed by atoms with Gasteiger partial charge < -0.3 is 19.7 Å². The first-order valence-corrected chi connectivity index (χ1v) is 5.98. The largest absolute Gasteiger partial charge is 0.383 e. The lowest BCUT2D eigenvalue weighted by Crippen LogP contribution is -2.34. The quantitative estimate of drug-likeness (QED) is 0.601. The third kappa shape index (κ3) is 11.9. The molecule has 0 aliphatic carbocycles. The van der Waals surface area contributed by atoms with Gasteiger partial charge in [-0.3, -0.25) is 0 Å². The van der Waals surface area contributed by atoms with E-state index in [1.165, 1.54) is 0 Å². The minimum atomic E-state index is -0.0302. The molecule has 0 spiro atoms. The molecule has 1 N–H and O–H groups in total. The van der Waals surface area contributed by atoms with Crippen molar-refractivity contribution in [3.8, 4) is 0 Å². The molecule has 4 nitrogen and oxygen atoms in total. The van der Waals surface area contributed by atoms with Gasteiger partial charge >= 0.3 is 0 Å². The molecule has 98 valence electrons. The molecule has 0 atom stereocenters. The number of nitrogens with one attached hydrogen (secondary N) is 1. The second-order valence-corrected chi connectivity index (χ2v) is 5.01. The summed E-state index contributed by atoms with van der Waals surface area (Å²) < 4.78 is 10.6. The Balaban J connectivity index is 3.28.